The zero-order chi connectivity index (χ0) is 12.9. The van der Waals surface area contributed by atoms with Crippen molar-refractivity contribution in [3.8, 4) is 0 Å². The van der Waals surface area contributed by atoms with Crippen molar-refractivity contribution >= 4 is 19.8 Å². The molecule has 2 nitrogen and oxygen atoms in total. The van der Waals surface area contributed by atoms with Gasteiger partial charge in [0.1, 0.15) is 0 Å². The predicted molar refractivity (Wildman–Crippen MR) is 82.8 cm³/mol. The summed E-state index contributed by atoms with van der Waals surface area (Å²) in [5.41, 5.74) is 0. The third-order valence-electron chi connectivity index (χ3n) is 3.28. The Morgan fingerprint density at radius 1 is 1.00 bits per heavy atom. The maximum atomic E-state index is 3.67. The van der Waals surface area contributed by atoms with Gasteiger partial charge < -0.3 is 0 Å². The molecule has 0 aliphatic rings. The van der Waals surface area contributed by atoms with E-state index in [1.54, 1.807) is 0 Å². The Labute approximate surface area is 116 Å². The second kappa shape index (κ2) is 13.2. The van der Waals surface area contributed by atoms with Crippen LogP contribution in [0.1, 0.15) is 46.0 Å². The molecule has 0 fully saturated rings. The minimum absolute atomic E-state index is 0.743. The molecule has 104 valence electrons. The zero-order valence-corrected chi connectivity index (χ0v) is 15.8. The molecule has 17 heavy (non-hydrogen) atoms. The van der Waals surface area contributed by atoms with Gasteiger partial charge in [0.05, 0.1) is 0 Å². The first-order valence-corrected chi connectivity index (χ1v) is 16.6. The van der Waals surface area contributed by atoms with Gasteiger partial charge in [0, 0.05) is 0 Å². The van der Waals surface area contributed by atoms with Crippen LogP contribution in [0.5, 0.6) is 0 Å². The van der Waals surface area contributed by atoms with E-state index < -0.39 is 19.8 Å². The van der Waals surface area contributed by atoms with Crippen LogP contribution in [0.4, 0.5) is 0 Å². The van der Waals surface area contributed by atoms with Crippen LogP contribution in [0, 0.1) is 0 Å². The molecule has 0 spiro atoms. The monoisotopic (exact) mass is 350 g/mol. The van der Waals surface area contributed by atoms with E-state index in [2.05, 4.69) is 34.4 Å². The van der Waals surface area contributed by atoms with Crippen molar-refractivity contribution in [1.29, 1.82) is 0 Å². The Bertz CT molecular complexity index is 151. The Balaban J connectivity index is 3.30. The molecule has 1 unspecified atom stereocenters. The summed E-state index contributed by atoms with van der Waals surface area (Å²) in [4.78, 5) is 4.98. The molecule has 0 radical (unpaired) electrons. The summed E-state index contributed by atoms with van der Waals surface area (Å²) in [6, 6.07) is 0.743. The topological polar surface area (TPSA) is 24.1 Å². The van der Waals surface area contributed by atoms with Gasteiger partial charge in [0.2, 0.25) is 0 Å². The standard InChI is InChI=1S/C12H27N2.2CH3.Sn.H/c1-4-7-8-9-12(5-2)14-11-10-13-6-3;;;;/h12-14H,3-11H2,1-2H3;2*1H3;;. The summed E-state index contributed by atoms with van der Waals surface area (Å²) in [6.07, 6.45) is 6.73. The molecule has 0 rings (SSSR count). The molecule has 0 aromatic rings. The molecule has 0 aliphatic heterocycles. The predicted octanol–water partition coefficient (Wildman–Crippen LogP) is 3.01. The molecule has 0 heterocycles. The van der Waals surface area contributed by atoms with E-state index in [0.29, 0.717) is 0 Å². The van der Waals surface area contributed by atoms with Gasteiger partial charge in [-0.15, -0.1) is 0 Å². The third kappa shape index (κ3) is 13.0. The van der Waals surface area contributed by atoms with Gasteiger partial charge in [0.15, 0.2) is 0 Å². The summed E-state index contributed by atoms with van der Waals surface area (Å²) < 4.78 is 1.50. The average Bonchev–Trinajstić information content (AvgIpc) is 2.31. The van der Waals surface area contributed by atoms with Crippen LogP contribution >= 0.6 is 0 Å². The second-order valence-electron chi connectivity index (χ2n) is 5.49. The first-order valence-electron chi connectivity index (χ1n) is 7.64. The summed E-state index contributed by atoms with van der Waals surface area (Å²) >= 11 is -0.945. The van der Waals surface area contributed by atoms with Crippen molar-refractivity contribution in [3.05, 3.63) is 0 Å². The minimum atomic E-state index is -0.945. The molecule has 0 saturated heterocycles. The van der Waals surface area contributed by atoms with E-state index in [0.717, 1.165) is 19.1 Å². The van der Waals surface area contributed by atoms with Crippen molar-refractivity contribution in [2.75, 3.05) is 19.6 Å². The van der Waals surface area contributed by atoms with Crippen molar-refractivity contribution in [2.45, 2.75) is 66.3 Å². The summed E-state index contributed by atoms with van der Waals surface area (Å²) in [6.45, 7) is 8.10. The Morgan fingerprint density at radius 3 is 2.35 bits per heavy atom. The Kier molecular flexibility index (Phi) is 13.7. The van der Waals surface area contributed by atoms with Crippen LogP contribution in [0.2, 0.25) is 14.3 Å². The van der Waals surface area contributed by atoms with Crippen LogP contribution < -0.4 is 10.6 Å². The van der Waals surface area contributed by atoms with E-state index >= 15 is 0 Å². The fourth-order valence-corrected chi connectivity index (χ4v) is 4.20. The molecule has 3 heteroatoms. The van der Waals surface area contributed by atoms with Gasteiger partial charge >= 0.3 is 116 Å². The molecule has 0 aliphatic carbocycles. The zero-order valence-electron chi connectivity index (χ0n) is 12.5. The second-order valence-corrected chi connectivity index (χ2v) is 15.1. The van der Waals surface area contributed by atoms with Crippen LogP contribution in [0.25, 0.3) is 0 Å². The fraction of sp³-hybridized carbons (Fsp3) is 1.00. The number of hydrogen-bond donors (Lipinski definition) is 2. The van der Waals surface area contributed by atoms with Gasteiger partial charge in [-0.3, -0.25) is 0 Å². The molecule has 0 aromatic heterocycles. The van der Waals surface area contributed by atoms with Gasteiger partial charge in [-0.1, -0.05) is 0 Å². The Hall–Kier alpha value is 0.719. The molecule has 0 amide bonds. The molecule has 0 aromatic carbocycles. The average molecular weight is 349 g/mol. The maximum absolute atomic E-state index is 3.67. The number of hydrogen-bond acceptors (Lipinski definition) is 2. The van der Waals surface area contributed by atoms with Crippen LogP contribution in [-0.2, 0) is 0 Å². The molecular formula is C14H34N2Sn. The van der Waals surface area contributed by atoms with Crippen molar-refractivity contribution < 1.29 is 0 Å². The van der Waals surface area contributed by atoms with Gasteiger partial charge in [-0.05, 0) is 0 Å². The summed E-state index contributed by atoms with van der Waals surface area (Å²) in [5.74, 6) is 0. The normalized spacial score (nSPS) is 13.2. The molecule has 0 saturated carbocycles. The van der Waals surface area contributed by atoms with Crippen LogP contribution in [0.15, 0.2) is 0 Å². The van der Waals surface area contributed by atoms with Crippen molar-refractivity contribution in [2.24, 2.45) is 0 Å². The van der Waals surface area contributed by atoms with E-state index in [-0.39, 0.29) is 0 Å². The van der Waals surface area contributed by atoms with Crippen LogP contribution in [-0.4, -0.2) is 45.4 Å². The molecule has 2 N–H and O–H groups in total. The first kappa shape index (κ1) is 17.7. The van der Waals surface area contributed by atoms with Crippen molar-refractivity contribution in [1.82, 2.24) is 10.6 Å². The van der Waals surface area contributed by atoms with E-state index in [4.69, 9.17) is 0 Å². The number of unbranched alkanes of at least 4 members (excludes halogenated alkanes) is 2. The van der Waals surface area contributed by atoms with Crippen molar-refractivity contribution in [3.63, 3.8) is 0 Å². The molecule has 1 atom stereocenters. The van der Waals surface area contributed by atoms with E-state index in [9.17, 15) is 0 Å². The van der Waals surface area contributed by atoms with Crippen LogP contribution in [0.3, 0.4) is 0 Å². The Morgan fingerprint density at radius 2 is 1.76 bits per heavy atom. The van der Waals surface area contributed by atoms with Gasteiger partial charge in [-0.25, -0.2) is 0 Å². The van der Waals surface area contributed by atoms with E-state index in [1.807, 2.05) is 0 Å². The molecular weight excluding hydrogens is 315 g/mol. The first-order chi connectivity index (χ1) is 8.20. The third-order valence-corrected chi connectivity index (χ3v) is 7.40. The van der Waals surface area contributed by atoms with Gasteiger partial charge in [-0.2, -0.15) is 0 Å². The molecule has 0 bridgehead atoms. The van der Waals surface area contributed by atoms with E-state index in [1.165, 1.54) is 43.1 Å². The SMILES string of the molecule is CCCCCC(CC)NCCNC[CH2][SnH]([CH3])[CH3]. The van der Waals surface area contributed by atoms with Gasteiger partial charge in [0.25, 0.3) is 0 Å². The quantitative estimate of drug-likeness (QED) is 0.418. The summed E-state index contributed by atoms with van der Waals surface area (Å²) in [7, 11) is 0. The fourth-order valence-electron chi connectivity index (χ4n) is 1.97. The number of nitrogens with one attached hydrogen (secondary N) is 2. The summed E-state index contributed by atoms with van der Waals surface area (Å²) in [5, 5.41) is 7.22. The number of rotatable bonds is 12.